The summed E-state index contributed by atoms with van der Waals surface area (Å²) in [5.74, 6) is 0.0842. The highest BCUT2D eigenvalue weighted by atomic mass is 16.5. The number of nitrogens with one attached hydrogen (secondary N) is 1. The number of ether oxygens (including phenoxy) is 2. The zero-order valence-electron chi connectivity index (χ0n) is 14.5. The molecule has 2 aliphatic rings. The molecule has 2 fully saturated rings. The lowest BCUT2D eigenvalue weighted by atomic mass is 10.1. The first-order valence-corrected chi connectivity index (χ1v) is 9.15. The highest BCUT2D eigenvalue weighted by Crippen LogP contribution is 2.23. The maximum Gasteiger partial charge on any atom is 0.256 e. The predicted molar refractivity (Wildman–Crippen MR) is 94.5 cm³/mol. The Labute approximate surface area is 144 Å². The number of hydrogen-bond acceptors (Lipinski definition) is 4. The van der Waals surface area contributed by atoms with Gasteiger partial charge in [-0.25, -0.2) is 0 Å². The third-order valence-electron chi connectivity index (χ3n) is 4.76. The van der Waals surface area contributed by atoms with Crippen molar-refractivity contribution in [3.05, 3.63) is 29.8 Å². The molecule has 0 saturated carbocycles. The molecule has 0 aliphatic carbocycles. The molecule has 5 heteroatoms. The molecule has 1 aromatic carbocycles. The molecule has 1 aromatic rings. The third-order valence-corrected chi connectivity index (χ3v) is 4.76. The van der Waals surface area contributed by atoms with Crippen LogP contribution in [0.1, 0.15) is 43.0 Å². The number of rotatable bonds is 6. The molecular weight excluding hydrogens is 304 g/mol. The van der Waals surface area contributed by atoms with E-state index in [2.05, 4.69) is 12.2 Å². The molecule has 132 valence electrons. The number of carbonyl (C=O) groups is 1. The van der Waals surface area contributed by atoms with Gasteiger partial charge in [0.2, 0.25) is 0 Å². The van der Waals surface area contributed by atoms with Gasteiger partial charge in [-0.1, -0.05) is 25.5 Å². The SMILES string of the molecule is CCCCNc1ccccc1C(=O)N1CCO[C@@H]([C@H]2CCCO2)C1. The van der Waals surface area contributed by atoms with Crippen molar-refractivity contribution in [1.29, 1.82) is 0 Å². The van der Waals surface area contributed by atoms with Crippen LogP contribution in [0.25, 0.3) is 0 Å². The van der Waals surface area contributed by atoms with Gasteiger partial charge in [0, 0.05) is 31.9 Å². The fourth-order valence-electron chi connectivity index (χ4n) is 3.37. The molecule has 0 radical (unpaired) electrons. The van der Waals surface area contributed by atoms with E-state index >= 15 is 0 Å². The zero-order chi connectivity index (χ0) is 16.8. The first kappa shape index (κ1) is 17.2. The van der Waals surface area contributed by atoms with Gasteiger partial charge in [-0.2, -0.15) is 0 Å². The summed E-state index contributed by atoms with van der Waals surface area (Å²) in [4.78, 5) is 14.9. The molecular formula is C19H28N2O3. The maximum absolute atomic E-state index is 13.0. The normalized spacial score (nSPS) is 24.1. The molecule has 3 rings (SSSR count). The van der Waals surface area contributed by atoms with Crippen LogP contribution < -0.4 is 5.32 Å². The predicted octanol–water partition coefficient (Wildman–Crippen LogP) is 2.92. The lowest BCUT2D eigenvalue weighted by Gasteiger charge is -2.35. The first-order valence-electron chi connectivity index (χ1n) is 9.15. The Morgan fingerprint density at radius 2 is 2.08 bits per heavy atom. The van der Waals surface area contributed by atoms with E-state index in [9.17, 15) is 4.79 Å². The van der Waals surface area contributed by atoms with Gasteiger partial charge in [0.25, 0.3) is 5.91 Å². The van der Waals surface area contributed by atoms with Crippen LogP contribution in [0, 0.1) is 0 Å². The zero-order valence-corrected chi connectivity index (χ0v) is 14.5. The average molecular weight is 332 g/mol. The van der Waals surface area contributed by atoms with Crippen molar-refractivity contribution in [2.75, 3.05) is 38.2 Å². The number of amides is 1. The van der Waals surface area contributed by atoms with E-state index in [1.807, 2.05) is 29.2 Å². The van der Waals surface area contributed by atoms with Gasteiger partial charge in [-0.05, 0) is 31.4 Å². The summed E-state index contributed by atoms with van der Waals surface area (Å²) in [6, 6.07) is 7.80. The highest BCUT2D eigenvalue weighted by molar-refractivity contribution is 5.99. The Kier molecular flexibility index (Phi) is 6.10. The van der Waals surface area contributed by atoms with Gasteiger partial charge in [-0.3, -0.25) is 4.79 Å². The van der Waals surface area contributed by atoms with Crippen molar-refractivity contribution in [3.63, 3.8) is 0 Å². The minimum absolute atomic E-state index is 0.00501. The van der Waals surface area contributed by atoms with Crippen molar-refractivity contribution < 1.29 is 14.3 Å². The summed E-state index contributed by atoms with van der Waals surface area (Å²) in [5, 5.41) is 3.40. The fraction of sp³-hybridized carbons (Fsp3) is 0.632. The molecule has 24 heavy (non-hydrogen) atoms. The summed E-state index contributed by atoms with van der Waals surface area (Å²) in [5.41, 5.74) is 1.68. The van der Waals surface area contributed by atoms with Gasteiger partial charge < -0.3 is 19.7 Å². The Bertz CT molecular complexity index is 543. The van der Waals surface area contributed by atoms with Gasteiger partial charge >= 0.3 is 0 Å². The van der Waals surface area contributed by atoms with Crippen LogP contribution in [-0.4, -0.2) is 55.9 Å². The third kappa shape index (κ3) is 4.08. The number of benzene rings is 1. The number of nitrogens with zero attached hydrogens (tertiary/aromatic N) is 1. The molecule has 2 atom stereocenters. The molecule has 5 nitrogen and oxygen atoms in total. The number of unbranched alkanes of at least 4 members (excludes halogenated alkanes) is 1. The van der Waals surface area contributed by atoms with Crippen molar-refractivity contribution >= 4 is 11.6 Å². The number of hydrogen-bond donors (Lipinski definition) is 1. The van der Waals surface area contributed by atoms with Crippen LogP contribution in [-0.2, 0) is 9.47 Å². The van der Waals surface area contributed by atoms with Crippen LogP contribution in [0.15, 0.2) is 24.3 Å². The summed E-state index contributed by atoms with van der Waals surface area (Å²) in [6.07, 6.45) is 4.49. The molecule has 0 spiro atoms. The summed E-state index contributed by atoms with van der Waals surface area (Å²) in [7, 11) is 0. The highest BCUT2D eigenvalue weighted by Gasteiger charge is 2.33. The number of carbonyl (C=O) groups excluding carboxylic acids is 1. The molecule has 2 saturated heterocycles. The van der Waals surface area contributed by atoms with Crippen LogP contribution >= 0.6 is 0 Å². The van der Waals surface area contributed by atoms with Gasteiger partial charge in [0.05, 0.1) is 18.3 Å². The van der Waals surface area contributed by atoms with Crippen LogP contribution in [0.3, 0.4) is 0 Å². The van der Waals surface area contributed by atoms with Gasteiger partial charge in [0.1, 0.15) is 6.10 Å². The maximum atomic E-state index is 13.0. The Morgan fingerprint density at radius 1 is 1.25 bits per heavy atom. The smallest absolute Gasteiger partial charge is 0.256 e. The number of morpholine rings is 1. The second-order valence-electron chi connectivity index (χ2n) is 6.54. The Hall–Kier alpha value is -1.59. The minimum atomic E-state index is 0.00501. The lowest BCUT2D eigenvalue weighted by Crippen LogP contribution is -2.49. The lowest BCUT2D eigenvalue weighted by molar-refractivity contribution is -0.0867. The van der Waals surface area contributed by atoms with Crippen molar-refractivity contribution in [2.45, 2.75) is 44.8 Å². The fourth-order valence-corrected chi connectivity index (χ4v) is 3.37. The molecule has 1 N–H and O–H groups in total. The molecule has 2 aliphatic heterocycles. The summed E-state index contributed by atoms with van der Waals surface area (Å²) >= 11 is 0. The largest absolute Gasteiger partial charge is 0.384 e. The second kappa shape index (κ2) is 8.49. The van der Waals surface area contributed by atoms with E-state index < -0.39 is 0 Å². The van der Waals surface area contributed by atoms with Crippen LogP contribution in [0.2, 0.25) is 0 Å². The Balaban J connectivity index is 1.66. The van der Waals surface area contributed by atoms with Crippen molar-refractivity contribution in [1.82, 2.24) is 4.90 Å². The minimum Gasteiger partial charge on any atom is -0.384 e. The van der Waals surface area contributed by atoms with Crippen molar-refractivity contribution in [3.8, 4) is 0 Å². The van der Waals surface area contributed by atoms with E-state index in [0.29, 0.717) is 19.7 Å². The molecule has 1 amide bonds. The first-order chi connectivity index (χ1) is 11.8. The molecule has 0 unspecified atom stereocenters. The monoisotopic (exact) mass is 332 g/mol. The van der Waals surface area contributed by atoms with Crippen LogP contribution in [0.5, 0.6) is 0 Å². The van der Waals surface area contributed by atoms with E-state index in [0.717, 1.165) is 50.1 Å². The number of anilines is 1. The Morgan fingerprint density at radius 3 is 2.88 bits per heavy atom. The number of para-hydroxylation sites is 1. The van der Waals surface area contributed by atoms with Crippen molar-refractivity contribution in [2.24, 2.45) is 0 Å². The molecule has 0 bridgehead atoms. The second-order valence-corrected chi connectivity index (χ2v) is 6.54. The van der Waals surface area contributed by atoms with E-state index in [1.165, 1.54) is 0 Å². The molecule has 0 aromatic heterocycles. The van der Waals surface area contributed by atoms with Crippen LogP contribution in [0.4, 0.5) is 5.69 Å². The van der Waals surface area contributed by atoms with E-state index in [1.54, 1.807) is 0 Å². The average Bonchev–Trinajstić information content (AvgIpc) is 3.17. The topological polar surface area (TPSA) is 50.8 Å². The molecule has 2 heterocycles. The standard InChI is InChI=1S/C19H28N2O3/c1-2-3-10-20-16-8-5-4-7-15(16)19(22)21-11-13-24-18(14-21)17-9-6-12-23-17/h4-5,7-8,17-18,20H,2-3,6,9-14H2,1H3/t17-,18-/m1/s1. The van der Waals surface area contributed by atoms with Gasteiger partial charge in [0.15, 0.2) is 0 Å². The quantitative estimate of drug-likeness (QED) is 0.814. The van der Waals surface area contributed by atoms with E-state index in [4.69, 9.17) is 9.47 Å². The summed E-state index contributed by atoms with van der Waals surface area (Å²) in [6.45, 7) is 5.71. The van der Waals surface area contributed by atoms with Gasteiger partial charge in [-0.15, -0.1) is 0 Å². The summed E-state index contributed by atoms with van der Waals surface area (Å²) < 4.78 is 11.6. The van der Waals surface area contributed by atoms with E-state index in [-0.39, 0.29) is 18.1 Å².